The van der Waals surface area contributed by atoms with Crippen molar-refractivity contribution >= 4 is 29.0 Å². The predicted octanol–water partition coefficient (Wildman–Crippen LogP) is 2.78. The van der Waals surface area contributed by atoms with Gasteiger partial charge in [0.25, 0.3) is 11.6 Å². The first-order valence-electron chi connectivity index (χ1n) is 7.03. The number of carbonyl (C=O) groups excluding carboxylic acids is 1. The summed E-state index contributed by atoms with van der Waals surface area (Å²) in [4.78, 5) is 35.0. The zero-order chi connectivity index (χ0) is 18.0. The molecule has 0 atom stereocenters. The fourth-order valence-electron chi connectivity index (χ4n) is 2.20. The van der Waals surface area contributed by atoms with Gasteiger partial charge in [-0.25, -0.2) is 15.0 Å². The SMILES string of the molecule is Cc1nccn1-c1cc(NC(=O)c2cc(Cl)ccc2[N+](=O)[O-])ncn1. The third kappa shape index (κ3) is 3.45. The van der Waals surface area contributed by atoms with E-state index in [0.29, 0.717) is 11.6 Å². The third-order valence-electron chi connectivity index (χ3n) is 3.37. The van der Waals surface area contributed by atoms with E-state index in [2.05, 4.69) is 20.3 Å². The maximum absolute atomic E-state index is 12.4. The van der Waals surface area contributed by atoms with Crippen molar-refractivity contribution in [3.05, 3.63) is 69.5 Å². The fraction of sp³-hybridized carbons (Fsp3) is 0.0667. The molecule has 1 aromatic carbocycles. The van der Waals surface area contributed by atoms with Gasteiger partial charge < -0.3 is 5.32 Å². The van der Waals surface area contributed by atoms with Crippen LogP contribution in [0.1, 0.15) is 16.2 Å². The number of amides is 1. The average molecular weight is 359 g/mol. The number of imidazole rings is 1. The largest absolute Gasteiger partial charge is 0.306 e. The number of anilines is 1. The summed E-state index contributed by atoms with van der Waals surface area (Å²) in [7, 11) is 0. The number of aryl methyl sites for hydroxylation is 1. The normalized spacial score (nSPS) is 10.5. The Labute approximate surface area is 146 Å². The van der Waals surface area contributed by atoms with Gasteiger partial charge in [0.1, 0.15) is 29.4 Å². The highest BCUT2D eigenvalue weighted by Gasteiger charge is 2.21. The Morgan fingerprint density at radius 2 is 2.08 bits per heavy atom. The van der Waals surface area contributed by atoms with Crippen LogP contribution in [0.5, 0.6) is 0 Å². The highest BCUT2D eigenvalue weighted by Crippen LogP contribution is 2.23. The monoisotopic (exact) mass is 358 g/mol. The molecule has 1 N–H and O–H groups in total. The zero-order valence-electron chi connectivity index (χ0n) is 12.9. The Hall–Kier alpha value is -3.33. The zero-order valence-corrected chi connectivity index (χ0v) is 13.6. The summed E-state index contributed by atoms with van der Waals surface area (Å²) in [6.07, 6.45) is 4.60. The molecule has 0 unspecified atom stereocenters. The number of halogens is 1. The molecule has 126 valence electrons. The van der Waals surface area contributed by atoms with E-state index >= 15 is 0 Å². The number of benzene rings is 1. The molecule has 0 spiro atoms. The summed E-state index contributed by atoms with van der Waals surface area (Å²) in [6.45, 7) is 1.80. The first-order valence-corrected chi connectivity index (χ1v) is 7.41. The Morgan fingerprint density at radius 3 is 2.76 bits per heavy atom. The molecule has 0 saturated carbocycles. The Bertz CT molecular complexity index is 971. The Morgan fingerprint density at radius 1 is 1.28 bits per heavy atom. The maximum Gasteiger partial charge on any atom is 0.282 e. The molecule has 0 aliphatic carbocycles. The minimum absolute atomic E-state index is 0.156. The van der Waals surface area contributed by atoms with Gasteiger partial charge in [-0.15, -0.1) is 0 Å². The molecule has 10 heteroatoms. The lowest BCUT2D eigenvalue weighted by Gasteiger charge is -2.08. The van der Waals surface area contributed by atoms with Crippen molar-refractivity contribution in [2.75, 3.05) is 5.32 Å². The van der Waals surface area contributed by atoms with E-state index in [4.69, 9.17) is 11.6 Å². The number of nitro benzene ring substituents is 1. The van der Waals surface area contributed by atoms with Gasteiger partial charge in [0.15, 0.2) is 0 Å². The van der Waals surface area contributed by atoms with Crippen molar-refractivity contribution in [3.8, 4) is 5.82 Å². The van der Waals surface area contributed by atoms with Gasteiger partial charge >= 0.3 is 0 Å². The van der Waals surface area contributed by atoms with Gasteiger partial charge in [0, 0.05) is 29.5 Å². The Kier molecular flexibility index (Phi) is 4.40. The van der Waals surface area contributed by atoms with E-state index in [1.54, 1.807) is 23.9 Å². The first-order chi connectivity index (χ1) is 12.0. The number of nitrogens with zero attached hydrogens (tertiary/aromatic N) is 5. The summed E-state index contributed by atoms with van der Waals surface area (Å²) >= 11 is 5.84. The molecule has 25 heavy (non-hydrogen) atoms. The molecular formula is C15H11ClN6O3. The van der Waals surface area contributed by atoms with Gasteiger partial charge in [-0.05, 0) is 19.1 Å². The molecule has 0 saturated heterocycles. The molecule has 2 heterocycles. The van der Waals surface area contributed by atoms with Gasteiger partial charge in [-0.2, -0.15) is 0 Å². The van der Waals surface area contributed by atoms with E-state index in [0.717, 1.165) is 0 Å². The molecule has 0 fully saturated rings. The summed E-state index contributed by atoms with van der Waals surface area (Å²) in [5.74, 6) is 0.709. The van der Waals surface area contributed by atoms with E-state index in [1.165, 1.54) is 30.6 Å². The van der Waals surface area contributed by atoms with Gasteiger partial charge in [-0.3, -0.25) is 19.5 Å². The summed E-state index contributed by atoms with van der Waals surface area (Å²) in [5.41, 5.74) is -0.502. The average Bonchev–Trinajstić information content (AvgIpc) is 3.00. The number of hydrogen-bond acceptors (Lipinski definition) is 6. The van der Waals surface area contributed by atoms with Crippen LogP contribution in [0.25, 0.3) is 5.82 Å². The lowest BCUT2D eigenvalue weighted by atomic mass is 10.1. The van der Waals surface area contributed by atoms with Gasteiger partial charge in [-0.1, -0.05) is 11.6 Å². The second-order valence-electron chi connectivity index (χ2n) is 4.98. The van der Waals surface area contributed by atoms with Crippen LogP contribution in [-0.2, 0) is 0 Å². The molecule has 3 rings (SSSR count). The number of nitrogens with one attached hydrogen (secondary N) is 1. The molecule has 9 nitrogen and oxygen atoms in total. The maximum atomic E-state index is 12.4. The van der Waals surface area contributed by atoms with E-state index in [-0.39, 0.29) is 22.1 Å². The molecule has 0 aliphatic heterocycles. The molecule has 2 aromatic heterocycles. The summed E-state index contributed by atoms with van der Waals surface area (Å²) in [6, 6.07) is 5.29. The predicted molar refractivity (Wildman–Crippen MR) is 90.0 cm³/mol. The topological polar surface area (TPSA) is 116 Å². The first kappa shape index (κ1) is 16.5. The van der Waals surface area contributed by atoms with Crippen LogP contribution in [0, 0.1) is 17.0 Å². The van der Waals surface area contributed by atoms with Crippen LogP contribution in [-0.4, -0.2) is 30.3 Å². The number of rotatable bonds is 4. The van der Waals surface area contributed by atoms with Gasteiger partial charge in [0.05, 0.1) is 4.92 Å². The third-order valence-corrected chi connectivity index (χ3v) is 3.60. The molecular weight excluding hydrogens is 348 g/mol. The molecule has 1 amide bonds. The smallest absolute Gasteiger partial charge is 0.282 e. The van der Waals surface area contributed by atoms with Crippen molar-refractivity contribution in [3.63, 3.8) is 0 Å². The molecule has 3 aromatic rings. The number of carbonyl (C=O) groups is 1. The quantitative estimate of drug-likeness (QED) is 0.566. The molecule has 0 radical (unpaired) electrons. The minimum atomic E-state index is -0.693. The number of aromatic nitrogens is 4. The highest BCUT2D eigenvalue weighted by atomic mass is 35.5. The van der Waals surface area contributed by atoms with Crippen LogP contribution in [0.3, 0.4) is 0 Å². The molecule has 0 aliphatic rings. The number of hydrogen-bond donors (Lipinski definition) is 1. The highest BCUT2D eigenvalue weighted by molar-refractivity contribution is 6.31. The van der Waals surface area contributed by atoms with E-state index < -0.39 is 10.8 Å². The van der Waals surface area contributed by atoms with Crippen molar-refractivity contribution in [1.29, 1.82) is 0 Å². The van der Waals surface area contributed by atoms with E-state index in [9.17, 15) is 14.9 Å². The lowest BCUT2D eigenvalue weighted by molar-refractivity contribution is -0.385. The second-order valence-corrected chi connectivity index (χ2v) is 5.42. The minimum Gasteiger partial charge on any atom is -0.306 e. The van der Waals surface area contributed by atoms with Crippen LogP contribution in [0.2, 0.25) is 5.02 Å². The van der Waals surface area contributed by atoms with Crippen LogP contribution in [0.15, 0.2) is 43.0 Å². The van der Waals surface area contributed by atoms with E-state index in [1.807, 2.05) is 0 Å². The van der Waals surface area contributed by atoms with Crippen molar-refractivity contribution < 1.29 is 9.72 Å². The molecule has 0 bridgehead atoms. The lowest BCUT2D eigenvalue weighted by Crippen LogP contribution is -2.15. The Balaban J connectivity index is 1.91. The van der Waals surface area contributed by atoms with Gasteiger partial charge in [0.2, 0.25) is 0 Å². The summed E-state index contributed by atoms with van der Waals surface area (Å²) < 4.78 is 1.71. The fourth-order valence-corrected chi connectivity index (χ4v) is 2.37. The van der Waals surface area contributed by atoms with Crippen LogP contribution < -0.4 is 5.32 Å². The van der Waals surface area contributed by atoms with Crippen molar-refractivity contribution in [2.24, 2.45) is 0 Å². The van der Waals surface area contributed by atoms with Crippen molar-refractivity contribution in [1.82, 2.24) is 19.5 Å². The second kappa shape index (κ2) is 6.65. The van der Waals surface area contributed by atoms with Crippen LogP contribution >= 0.6 is 11.6 Å². The van der Waals surface area contributed by atoms with Crippen molar-refractivity contribution in [2.45, 2.75) is 6.92 Å². The number of nitro groups is 1. The standard InChI is InChI=1S/C15H11ClN6O3/c1-9-17-4-5-21(9)14-7-13(18-8-19-14)20-15(23)11-6-10(16)2-3-12(11)22(24)25/h2-8H,1H3,(H,18,19,20,23). The summed E-state index contributed by atoms with van der Waals surface area (Å²) in [5, 5.41) is 13.8. The van der Waals surface area contributed by atoms with Crippen LogP contribution in [0.4, 0.5) is 11.5 Å².